The van der Waals surface area contributed by atoms with Gasteiger partial charge in [0.1, 0.15) is 34.5 Å². The van der Waals surface area contributed by atoms with Crippen molar-refractivity contribution in [1.82, 2.24) is 15.0 Å². The van der Waals surface area contributed by atoms with E-state index in [0.29, 0.717) is 37.1 Å². The molecule has 0 spiro atoms. The van der Waals surface area contributed by atoms with Crippen molar-refractivity contribution in [3.8, 4) is 68.7 Å². The molecule has 0 amide bonds. The number of phenols is 3. The topological polar surface area (TPSA) is 206 Å². The van der Waals surface area contributed by atoms with Gasteiger partial charge in [-0.05, 0) is 55.7 Å². The van der Waals surface area contributed by atoms with Gasteiger partial charge in [0.2, 0.25) is 0 Å². The Kier molecular flexibility index (Phi) is 26.2. The van der Waals surface area contributed by atoms with E-state index in [0.717, 1.165) is 57.8 Å². The number of phenolic OH excluding ortho intramolecular Hbond substituents is 3. The van der Waals surface area contributed by atoms with Crippen molar-refractivity contribution in [1.29, 1.82) is 0 Å². The zero-order valence-corrected chi connectivity index (χ0v) is 41.1. The maximum Gasteiger partial charge on any atom is 0.309 e. The number of rotatable bonds is 36. The maximum absolute atomic E-state index is 12.3. The zero-order valence-electron chi connectivity index (χ0n) is 41.1. The number of aromatic hydroxyl groups is 3. The van der Waals surface area contributed by atoms with E-state index in [2.05, 4.69) is 35.7 Å². The van der Waals surface area contributed by atoms with Gasteiger partial charge in [0.05, 0.1) is 75.6 Å². The van der Waals surface area contributed by atoms with E-state index in [1.165, 1.54) is 76.0 Å². The zero-order chi connectivity index (χ0) is 49.5. The van der Waals surface area contributed by atoms with Crippen LogP contribution in [0.4, 0.5) is 0 Å². The van der Waals surface area contributed by atoms with E-state index >= 15 is 0 Å². The van der Waals surface area contributed by atoms with Crippen molar-refractivity contribution < 1.29 is 58.1 Å². The molecule has 0 unspecified atom stereocenters. The summed E-state index contributed by atoms with van der Waals surface area (Å²) in [4.78, 5) is 50.7. The van der Waals surface area contributed by atoms with Crippen molar-refractivity contribution in [2.45, 2.75) is 156 Å². The first-order valence-electron chi connectivity index (χ1n) is 25.2. The molecule has 0 fully saturated rings. The monoisotopic (exact) mass is 958 g/mol. The third kappa shape index (κ3) is 21.4. The smallest absolute Gasteiger partial charge is 0.309 e. The summed E-state index contributed by atoms with van der Waals surface area (Å²) < 4.78 is 33.3. The summed E-state index contributed by atoms with van der Waals surface area (Å²) in [7, 11) is 0. The summed E-state index contributed by atoms with van der Waals surface area (Å²) in [6.07, 6.45) is 19.7. The van der Waals surface area contributed by atoms with Gasteiger partial charge in [0.15, 0.2) is 17.5 Å². The maximum atomic E-state index is 12.3. The molecule has 69 heavy (non-hydrogen) atoms. The first kappa shape index (κ1) is 55.5. The Balaban J connectivity index is 1.45. The number of aromatic nitrogens is 3. The molecule has 4 aromatic rings. The third-order valence-corrected chi connectivity index (χ3v) is 11.3. The van der Waals surface area contributed by atoms with Crippen LogP contribution < -0.4 is 14.2 Å². The van der Waals surface area contributed by atoms with Gasteiger partial charge in [-0.2, -0.15) is 0 Å². The number of benzene rings is 3. The minimum absolute atomic E-state index is 0.00992. The summed E-state index contributed by atoms with van der Waals surface area (Å²) in [6, 6.07) is 13.6. The van der Waals surface area contributed by atoms with Gasteiger partial charge in [0, 0.05) is 18.2 Å². The molecule has 0 radical (unpaired) electrons. The van der Waals surface area contributed by atoms with Crippen LogP contribution in [-0.4, -0.2) is 87.8 Å². The van der Waals surface area contributed by atoms with Gasteiger partial charge >= 0.3 is 17.9 Å². The molecule has 0 saturated carbocycles. The van der Waals surface area contributed by atoms with E-state index in [4.69, 9.17) is 28.4 Å². The third-order valence-electron chi connectivity index (χ3n) is 11.3. The van der Waals surface area contributed by atoms with Crippen LogP contribution in [0.1, 0.15) is 156 Å². The fourth-order valence-electron chi connectivity index (χ4n) is 7.29. The Morgan fingerprint density at radius 1 is 0.377 bits per heavy atom. The molecule has 0 aliphatic rings. The van der Waals surface area contributed by atoms with Crippen molar-refractivity contribution in [2.24, 2.45) is 0 Å². The second-order valence-corrected chi connectivity index (χ2v) is 17.1. The van der Waals surface area contributed by atoms with Crippen LogP contribution in [0.15, 0.2) is 54.6 Å². The Bertz CT molecular complexity index is 1900. The lowest BCUT2D eigenvalue weighted by atomic mass is 10.1. The quantitative estimate of drug-likeness (QED) is 0.0220. The Morgan fingerprint density at radius 2 is 0.638 bits per heavy atom. The first-order chi connectivity index (χ1) is 33.6. The summed E-state index contributed by atoms with van der Waals surface area (Å²) in [5, 5.41) is 33.8. The highest BCUT2D eigenvalue weighted by Gasteiger charge is 2.20. The number of nitrogens with zero attached hydrogens (tertiary/aromatic N) is 3. The molecule has 0 bridgehead atoms. The van der Waals surface area contributed by atoms with Gasteiger partial charge in [-0.3, -0.25) is 14.4 Å². The largest absolute Gasteiger partial charge is 0.507 e. The number of carbonyl (C=O) groups is 3. The molecule has 3 N–H and O–H groups in total. The van der Waals surface area contributed by atoms with Crippen LogP contribution >= 0.6 is 0 Å². The minimum Gasteiger partial charge on any atom is -0.507 e. The van der Waals surface area contributed by atoms with Gasteiger partial charge in [0.25, 0.3) is 0 Å². The fraction of sp³-hybridized carbons (Fsp3) is 0.556. The normalized spacial score (nSPS) is 11.0. The van der Waals surface area contributed by atoms with Crippen LogP contribution in [0.5, 0.6) is 34.5 Å². The van der Waals surface area contributed by atoms with Crippen LogP contribution in [0.3, 0.4) is 0 Å². The predicted octanol–water partition coefficient (Wildman–Crippen LogP) is 12.0. The van der Waals surface area contributed by atoms with Crippen molar-refractivity contribution in [3.05, 3.63) is 54.6 Å². The summed E-state index contributed by atoms with van der Waals surface area (Å²) in [6.45, 7) is 7.75. The Hall–Kier alpha value is -6.12. The average molecular weight is 958 g/mol. The molecular weight excluding hydrogens is 883 g/mol. The van der Waals surface area contributed by atoms with E-state index in [1.54, 1.807) is 36.4 Å². The summed E-state index contributed by atoms with van der Waals surface area (Å²) >= 11 is 0. The standard InChI is InChI=1S/C54H75N3O12/c1-4-7-10-13-16-19-31-67-49(61)28-34-64-40-22-25-43(46(58)37-40)52-55-53(44-26-23-41(38-47(44)59)65-35-29-50(62)68-32-20-17-14-11-8-5-2)57-54(56-52)45-27-24-42(39-48(45)60)66-36-30-51(63)69-33-21-18-15-12-9-6-3/h22-27,37-39,58-60H,4-21,28-36H2,1-3H3. The molecule has 0 aliphatic heterocycles. The molecule has 4 rings (SSSR count). The van der Waals surface area contributed by atoms with Crippen molar-refractivity contribution in [3.63, 3.8) is 0 Å². The molecule has 378 valence electrons. The second kappa shape index (κ2) is 32.6. The lowest BCUT2D eigenvalue weighted by Crippen LogP contribution is -2.11. The molecule has 1 heterocycles. The summed E-state index contributed by atoms with van der Waals surface area (Å²) in [5.74, 6) is -0.875. The first-order valence-corrected chi connectivity index (χ1v) is 25.2. The highest BCUT2D eigenvalue weighted by atomic mass is 16.5. The number of esters is 3. The highest BCUT2D eigenvalue weighted by Crippen LogP contribution is 2.38. The van der Waals surface area contributed by atoms with Crippen LogP contribution in [-0.2, 0) is 28.6 Å². The van der Waals surface area contributed by atoms with E-state index < -0.39 is 0 Å². The number of unbranched alkanes of at least 4 members (excludes halogenated alkanes) is 15. The molecule has 0 atom stereocenters. The van der Waals surface area contributed by atoms with Crippen LogP contribution in [0, 0.1) is 0 Å². The SMILES string of the molecule is CCCCCCCCOC(=O)CCOc1ccc(-c2nc(-c3ccc(OCCC(=O)OCCCCCCCC)cc3O)nc(-c3ccc(OCCC(=O)OCCCCCCCC)cc3O)n2)c(O)c1. The number of ether oxygens (including phenoxy) is 6. The number of carbonyl (C=O) groups excluding carboxylic acids is 3. The molecule has 15 nitrogen and oxygen atoms in total. The number of hydrogen-bond acceptors (Lipinski definition) is 15. The summed E-state index contributed by atoms with van der Waals surface area (Å²) in [5.41, 5.74) is 0.573. The van der Waals surface area contributed by atoms with Gasteiger partial charge < -0.3 is 43.7 Å². The molecule has 0 saturated heterocycles. The highest BCUT2D eigenvalue weighted by molar-refractivity contribution is 5.75. The Labute approximate surface area is 408 Å². The van der Waals surface area contributed by atoms with Crippen molar-refractivity contribution >= 4 is 17.9 Å². The van der Waals surface area contributed by atoms with E-state index in [9.17, 15) is 29.7 Å². The fourth-order valence-corrected chi connectivity index (χ4v) is 7.29. The minimum atomic E-state index is -0.363. The van der Waals surface area contributed by atoms with Crippen molar-refractivity contribution in [2.75, 3.05) is 39.6 Å². The average Bonchev–Trinajstić information content (AvgIpc) is 3.33. The van der Waals surface area contributed by atoms with Gasteiger partial charge in [-0.25, -0.2) is 15.0 Å². The van der Waals surface area contributed by atoms with Crippen LogP contribution in [0.2, 0.25) is 0 Å². The lowest BCUT2D eigenvalue weighted by Gasteiger charge is -2.13. The molecule has 3 aromatic carbocycles. The van der Waals surface area contributed by atoms with Crippen LogP contribution in [0.25, 0.3) is 34.2 Å². The van der Waals surface area contributed by atoms with Gasteiger partial charge in [-0.15, -0.1) is 0 Å². The molecule has 0 aliphatic carbocycles. The van der Waals surface area contributed by atoms with Gasteiger partial charge in [-0.1, -0.05) is 117 Å². The Morgan fingerprint density at radius 3 is 0.899 bits per heavy atom. The van der Waals surface area contributed by atoms with E-state index in [-0.39, 0.29) is 108 Å². The lowest BCUT2D eigenvalue weighted by molar-refractivity contribution is -0.145. The number of hydrogen-bond donors (Lipinski definition) is 3. The predicted molar refractivity (Wildman–Crippen MR) is 264 cm³/mol. The molecular formula is C54H75N3O12. The second-order valence-electron chi connectivity index (χ2n) is 17.1. The van der Waals surface area contributed by atoms with E-state index in [1.807, 2.05) is 0 Å². The molecule has 15 heteroatoms. The molecule has 1 aromatic heterocycles.